The molecule has 0 aliphatic heterocycles. The van der Waals surface area contributed by atoms with Crippen LogP contribution in [0, 0.1) is 11.3 Å². The maximum absolute atomic E-state index is 12.3. The summed E-state index contributed by atoms with van der Waals surface area (Å²) in [4.78, 5) is 12.3. The highest BCUT2D eigenvalue weighted by atomic mass is 79.9. The number of benzene rings is 2. The quantitative estimate of drug-likeness (QED) is 0.547. The monoisotopic (exact) mass is 414 g/mol. The van der Waals surface area contributed by atoms with Gasteiger partial charge < -0.3 is 14.8 Å². The number of nitrogens with zero attached hydrogens (tertiary/aromatic N) is 1. The predicted octanol–water partition coefficient (Wildman–Crippen LogP) is 4.08. The van der Waals surface area contributed by atoms with Crippen LogP contribution in [0.1, 0.15) is 18.1 Å². The second-order valence-electron chi connectivity index (χ2n) is 5.31. The lowest BCUT2D eigenvalue weighted by molar-refractivity contribution is -0.117. The van der Waals surface area contributed by atoms with E-state index in [1.165, 1.54) is 13.2 Å². The average Bonchev–Trinajstić information content (AvgIpc) is 2.66. The number of ether oxygens (including phenoxy) is 2. The van der Waals surface area contributed by atoms with Crippen molar-refractivity contribution in [1.82, 2.24) is 5.32 Å². The normalized spacial score (nSPS) is 10.8. The summed E-state index contributed by atoms with van der Waals surface area (Å²) in [6, 6.07) is 14.9. The molecule has 5 nitrogen and oxygen atoms in total. The van der Waals surface area contributed by atoms with E-state index >= 15 is 0 Å². The minimum Gasteiger partial charge on any atom is -0.493 e. The lowest BCUT2D eigenvalue weighted by atomic mass is 10.1. The van der Waals surface area contributed by atoms with E-state index in [-0.39, 0.29) is 5.57 Å². The molecule has 2 aromatic carbocycles. The van der Waals surface area contributed by atoms with Gasteiger partial charge in [-0.1, -0.05) is 30.3 Å². The Kier molecular flexibility index (Phi) is 7.24. The zero-order chi connectivity index (χ0) is 18.9. The van der Waals surface area contributed by atoms with Crippen molar-refractivity contribution in [3.63, 3.8) is 0 Å². The van der Waals surface area contributed by atoms with Gasteiger partial charge in [0.15, 0.2) is 11.5 Å². The lowest BCUT2D eigenvalue weighted by Crippen LogP contribution is -2.23. The summed E-state index contributed by atoms with van der Waals surface area (Å²) < 4.78 is 11.6. The molecule has 1 amide bonds. The van der Waals surface area contributed by atoms with E-state index in [1.54, 1.807) is 12.1 Å². The molecule has 0 saturated heterocycles. The molecule has 0 bridgehead atoms. The highest BCUT2D eigenvalue weighted by molar-refractivity contribution is 9.10. The van der Waals surface area contributed by atoms with Crippen molar-refractivity contribution in [3.8, 4) is 17.6 Å². The molecule has 134 valence electrons. The number of halogens is 1. The van der Waals surface area contributed by atoms with Crippen LogP contribution in [0.3, 0.4) is 0 Å². The number of carbonyl (C=O) groups is 1. The molecule has 26 heavy (non-hydrogen) atoms. The number of hydrogen-bond acceptors (Lipinski definition) is 4. The van der Waals surface area contributed by atoms with E-state index in [0.717, 1.165) is 5.56 Å². The van der Waals surface area contributed by atoms with Gasteiger partial charge in [-0.25, -0.2) is 0 Å². The number of rotatable bonds is 7. The van der Waals surface area contributed by atoms with Crippen molar-refractivity contribution in [3.05, 3.63) is 63.6 Å². The Hall–Kier alpha value is -2.78. The molecule has 0 spiro atoms. The van der Waals surface area contributed by atoms with Crippen LogP contribution in [0.2, 0.25) is 0 Å². The minimum atomic E-state index is -0.430. The van der Waals surface area contributed by atoms with E-state index in [9.17, 15) is 10.1 Å². The number of nitrogens with one attached hydrogen (secondary N) is 1. The van der Waals surface area contributed by atoms with Crippen LogP contribution in [0.15, 0.2) is 52.5 Å². The molecule has 0 aromatic heterocycles. The van der Waals surface area contributed by atoms with Crippen molar-refractivity contribution >= 4 is 27.9 Å². The van der Waals surface area contributed by atoms with Gasteiger partial charge in [-0.05, 0) is 52.2 Å². The molecule has 0 heterocycles. The summed E-state index contributed by atoms with van der Waals surface area (Å²) in [6.45, 7) is 2.73. The van der Waals surface area contributed by atoms with Gasteiger partial charge in [0.2, 0.25) is 0 Å². The molecule has 0 saturated carbocycles. The van der Waals surface area contributed by atoms with E-state index < -0.39 is 5.91 Å². The lowest BCUT2D eigenvalue weighted by Gasteiger charge is -2.12. The van der Waals surface area contributed by atoms with Crippen LogP contribution in [0.25, 0.3) is 6.08 Å². The maximum Gasteiger partial charge on any atom is 0.262 e. The third kappa shape index (κ3) is 5.11. The molecule has 0 atom stereocenters. The summed E-state index contributed by atoms with van der Waals surface area (Å²) in [5, 5.41) is 12.1. The Balaban J connectivity index is 2.21. The van der Waals surface area contributed by atoms with Crippen LogP contribution >= 0.6 is 15.9 Å². The summed E-state index contributed by atoms with van der Waals surface area (Å²) in [7, 11) is 1.54. The first-order chi connectivity index (χ1) is 12.6. The summed E-state index contributed by atoms with van der Waals surface area (Å²) >= 11 is 3.43. The molecule has 2 rings (SSSR count). The molecule has 2 aromatic rings. The fraction of sp³-hybridized carbons (Fsp3) is 0.200. The van der Waals surface area contributed by atoms with Gasteiger partial charge in [-0.3, -0.25) is 4.79 Å². The molecule has 1 N–H and O–H groups in total. The molecular weight excluding hydrogens is 396 g/mol. The van der Waals surface area contributed by atoms with Crippen LogP contribution in [0.4, 0.5) is 0 Å². The summed E-state index contributed by atoms with van der Waals surface area (Å²) in [5.74, 6) is 0.675. The Morgan fingerprint density at radius 1 is 1.31 bits per heavy atom. The van der Waals surface area contributed by atoms with Crippen molar-refractivity contribution < 1.29 is 14.3 Å². The first-order valence-electron chi connectivity index (χ1n) is 8.03. The van der Waals surface area contributed by atoms with Gasteiger partial charge in [0.25, 0.3) is 5.91 Å². The van der Waals surface area contributed by atoms with Crippen LogP contribution in [-0.2, 0) is 11.3 Å². The first kappa shape index (κ1) is 19.5. The van der Waals surface area contributed by atoms with Gasteiger partial charge in [0.1, 0.15) is 11.6 Å². The van der Waals surface area contributed by atoms with Crippen LogP contribution in [0.5, 0.6) is 11.5 Å². The van der Waals surface area contributed by atoms with E-state index in [4.69, 9.17) is 9.47 Å². The highest BCUT2D eigenvalue weighted by Gasteiger charge is 2.13. The van der Waals surface area contributed by atoms with Crippen molar-refractivity contribution in [2.45, 2.75) is 13.5 Å². The predicted molar refractivity (Wildman–Crippen MR) is 104 cm³/mol. The van der Waals surface area contributed by atoms with E-state index in [0.29, 0.717) is 34.7 Å². The molecule has 0 aliphatic rings. The first-order valence-corrected chi connectivity index (χ1v) is 8.82. The van der Waals surface area contributed by atoms with Gasteiger partial charge in [-0.15, -0.1) is 0 Å². The van der Waals surface area contributed by atoms with Gasteiger partial charge in [-0.2, -0.15) is 5.26 Å². The Morgan fingerprint density at radius 3 is 2.65 bits per heavy atom. The smallest absolute Gasteiger partial charge is 0.262 e. The Bertz CT molecular complexity index is 842. The van der Waals surface area contributed by atoms with Gasteiger partial charge in [0.05, 0.1) is 18.2 Å². The minimum absolute atomic E-state index is 0.0130. The van der Waals surface area contributed by atoms with E-state index in [2.05, 4.69) is 21.2 Å². The molecule has 6 heteroatoms. The maximum atomic E-state index is 12.3. The standard InChI is InChI=1S/C20H19BrN2O3/c1-3-26-19-17(21)10-15(11-18(19)25-2)9-16(12-22)20(24)23-13-14-7-5-4-6-8-14/h4-11H,3,13H2,1-2H3,(H,23,24)/b16-9-. The summed E-state index contributed by atoms with van der Waals surface area (Å²) in [6.07, 6.45) is 1.52. The topological polar surface area (TPSA) is 71.3 Å². The van der Waals surface area contributed by atoms with Crippen LogP contribution < -0.4 is 14.8 Å². The third-order valence-electron chi connectivity index (χ3n) is 3.51. The number of nitriles is 1. The second kappa shape index (κ2) is 9.64. The Labute approximate surface area is 161 Å². The fourth-order valence-corrected chi connectivity index (χ4v) is 2.87. The second-order valence-corrected chi connectivity index (χ2v) is 6.16. The van der Waals surface area contributed by atoms with E-state index in [1.807, 2.05) is 43.3 Å². The molecule has 0 radical (unpaired) electrons. The van der Waals surface area contributed by atoms with Gasteiger partial charge >= 0.3 is 0 Å². The highest BCUT2D eigenvalue weighted by Crippen LogP contribution is 2.37. The van der Waals surface area contributed by atoms with Crippen molar-refractivity contribution in [2.24, 2.45) is 0 Å². The summed E-state index contributed by atoms with van der Waals surface area (Å²) in [5.41, 5.74) is 1.63. The molecule has 0 fully saturated rings. The van der Waals surface area contributed by atoms with Crippen molar-refractivity contribution in [1.29, 1.82) is 5.26 Å². The van der Waals surface area contributed by atoms with Crippen LogP contribution in [-0.4, -0.2) is 19.6 Å². The zero-order valence-corrected chi connectivity index (χ0v) is 16.2. The third-order valence-corrected chi connectivity index (χ3v) is 4.10. The molecular formula is C20H19BrN2O3. The largest absolute Gasteiger partial charge is 0.493 e. The van der Waals surface area contributed by atoms with Gasteiger partial charge in [0, 0.05) is 6.54 Å². The number of amides is 1. The molecule has 0 unspecified atom stereocenters. The fourth-order valence-electron chi connectivity index (χ4n) is 2.30. The zero-order valence-electron chi connectivity index (χ0n) is 14.6. The SMILES string of the molecule is CCOc1c(Br)cc(/C=C(/C#N)C(=O)NCc2ccccc2)cc1OC. The number of carbonyl (C=O) groups excluding carboxylic acids is 1. The Morgan fingerprint density at radius 2 is 2.04 bits per heavy atom. The van der Waals surface area contributed by atoms with Crippen molar-refractivity contribution in [2.75, 3.05) is 13.7 Å². The number of methoxy groups -OCH3 is 1. The molecule has 0 aliphatic carbocycles. The average molecular weight is 415 g/mol. The number of hydrogen-bond donors (Lipinski definition) is 1.